The van der Waals surface area contributed by atoms with Crippen LogP contribution < -0.4 is 5.32 Å². The van der Waals surface area contributed by atoms with Gasteiger partial charge in [-0.05, 0) is 6.42 Å². The smallest absolute Gasteiger partial charge is 0.193 e. The highest BCUT2D eigenvalue weighted by atomic mass is 127. The molecule has 8 nitrogen and oxygen atoms in total. The van der Waals surface area contributed by atoms with Crippen LogP contribution in [0.5, 0.6) is 0 Å². The highest BCUT2D eigenvalue weighted by Crippen LogP contribution is 2.21. The second-order valence-electron chi connectivity index (χ2n) is 5.88. The van der Waals surface area contributed by atoms with Crippen LogP contribution in [0.2, 0.25) is 0 Å². The first-order chi connectivity index (χ1) is 11.8. The van der Waals surface area contributed by atoms with Gasteiger partial charge < -0.3 is 19.5 Å². The van der Waals surface area contributed by atoms with Crippen molar-refractivity contribution in [3.63, 3.8) is 0 Å². The molecule has 0 radical (unpaired) electrons. The molecule has 1 fully saturated rings. The van der Waals surface area contributed by atoms with E-state index in [-0.39, 0.29) is 30.1 Å². The fourth-order valence-corrected chi connectivity index (χ4v) is 2.86. The molecule has 0 spiro atoms. The van der Waals surface area contributed by atoms with Gasteiger partial charge in [0.25, 0.3) is 0 Å². The lowest BCUT2D eigenvalue weighted by Crippen LogP contribution is -2.48. The van der Waals surface area contributed by atoms with E-state index in [1.807, 2.05) is 39.0 Å². The van der Waals surface area contributed by atoms with Crippen molar-refractivity contribution in [3.05, 3.63) is 36.7 Å². The number of morpholine rings is 1. The second-order valence-corrected chi connectivity index (χ2v) is 5.88. The van der Waals surface area contributed by atoms with Gasteiger partial charge in [0.05, 0.1) is 25.7 Å². The molecule has 1 saturated heterocycles. The minimum atomic E-state index is 0. The standard InChI is InChI=1S/C16H25N7O.HI/c1-17-16(19-4-3-6-22-7-5-18-13-22)23-8-9-24-15(12-23)14-10-20-21(2)11-14;/h5,7,10-11,13,15H,3-4,6,8-9,12H2,1-2H3,(H,17,19);1H. The molecule has 0 aliphatic carbocycles. The first kappa shape index (κ1) is 19.7. The monoisotopic (exact) mass is 459 g/mol. The zero-order valence-corrected chi connectivity index (χ0v) is 17.0. The first-order valence-electron chi connectivity index (χ1n) is 8.28. The Morgan fingerprint density at radius 2 is 2.36 bits per heavy atom. The number of guanidine groups is 1. The molecule has 2 aromatic rings. The maximum absolute atomic E-state index is 5.89. The lowest BCUT2D eigenvalue weighted by Gasteiger charge is -2.34. The van der Waals surface area contributed by atoms with Crippen molar-refractivity contribution in [2.24, 2.45) is 12.0 Å². The molecule has 138 valence electrons. The molecule has 0 aromatic carbocycles. The van der Waals surface area contributed by atoms with Crippen molar-refractivity contribution < 1.29 is 4.74 Å². The molecule has 0 amide bonds. The second kappa shape index (κ2) is 9.76. The normalized spacial score (nSPS) is 18.1. The number of rotatable bonds is 5. The lowest BCUT2D eigenvalue weighted by atomic mass is 10.1. The van der Waals surface area contributed by atoms with Gasteiger partial charge in [-0.2, -0.15) is 5.10 Å². The number of halogens is 1. The van der Waals surface area contributed by atoms with Crippen LogP contribution in [-0.4, -0.2) is 63.5 Å². The van der Waals surface area contributed by atoms with E-state index in [9.17, 15) is 0 Å². The van der Waals surface area contributed by atoms with E-state index < -0.39 is 0 Å². The number of hydrogen-bond acceptors (Lipinski definition) is 4. The molecule has 25 heavy (non-hydrogen) atoms. The number of hydrogen-bond donors (Lipinski definition) is 1. The van der Waals surface area contributed by atoms with Crippen LogP contribution in [0.25, 0.3) is 0 Å². The summed E-state index contributed by atoms with van der Waals surface area (Å²) in [5.74, 6) is 0.929. The van der Waals surface area contributed by atoms with Crippen LogP contribution in [0.4, 0.5) is 0 Å². The molecule has 9 heteroatoms. The van der Waals surface area contributed by atoms with Crippen LogP contribution >= 0.6 is 24.0 Å². The summed E-state index contributed by atoms with van der Waals surface area (Å²) in [4.78, 5) is 10.7. The molecule has 1 unspecified atom stereocenters. The summed E-state index contributed by atoms with van der Waals surface area (Å²) in [7, 11) is 3.75. The van der Waals surface area contributed by atoms with Gasteiger partial charge in [-0.3, -0.25) is 9.67 Å². The minimum Gasteiger partial charge on any atom is -0.370 e. The van der Waals surface area contributed by atoms with E-state index >= 15 is 0 Å². The van der Waals surface area contributed by atoms with Gasteiger partial charge in [0, 0.05) is 57.9 Å². The average molecular weight is 459 g/mol. The molecular formula is C16H26IN7O. The van der Waals surface area contributed by atoms with Crippen molar-refractivity contribution >= 4 is 29.9 Å². The van der Waals surface area contributed by atoms with Gasteiger partial charge in [-0.25, -0.2) is 4.98 Å². The Labute approximate surface area is 165 Å². The highest BCUT2D eigenvalue weighted by molar-refractivity contribution is 14.0. The molecule has 3 rings (SSSR count). The quantitative estimate of drug-likeness (QED) is 0.316. The van der Waals surface area contributed by atoms with E-state index in [1.54, 1.807) is 10.9 Å². The van der Waals surface area contributed by atoms with E-state index in [1.165, 1.54) is 0 Å². The number of aromatic nitrogens is 4. The number of ether oxygens (including phenoxy) is 1. The van der Waals surface area contributed by atoms with Crippen LogP contribution in [0.1, 0.15) is 18.1 Å². The van der Waals surface area contributed by atoms with E-state index in [0.717, 1.165) is 44.1 Å². The Hall–Kier alpha value is -1.62. The van der Waals surface area contributed by atoms with Gasteiger partial charge in [0.15, 0.2) is 5.96 Å². The van der Waals surface area contributed by atoms with Crippen LogP contribution in [-0.2, 0) is 18.3 Å². The molecule has 2 aromatic heterocycles. The first-order valence-corrected chi connectivity index (χ1v) is 8.28. The fraction of sp³-hybridized carbons (Fsp3) is 0.562. The third-order valence-electron chi connectivity index (χ3n) is 4.11. The van der Waals surface area contributed by atoms with Crippen molar-refractivity contribution in [2.75, 3.05) is 33.3 Å². The van der Waals surface area contributed by atoms with Crippen molar-refractivity contribution in [1.82, 2.24) is 29.5 Å². The molecular weight excluding hydrogens is 433 g/mol. The highest BCUT2D eigenvalue weighted by Gasteiger charge is 2.24. The molecule has 1 N–H and O–H groups in total. The largest absolute Gasteiger partial charge is 0.370 e. The van der Waals surface area contributed by atoms with Crippen LogP contribution in [0.3, 0.4) is 0 Å². The Bertz CT molecular complexity index is 655. The maximum atomic E-state index is 5.89. The van der Waals surface area contributed by atoms with Gasteiger partial charge in [0.2, 0.25) is 0 Å². The Kier molecular flexibility index (Phi) is 7.69. The number of nitrogens with zero attached hydrogens (tertiary/aromatic N) is 6. The summed E-state index contributed by atoms with van der Waals surface area (Å²) in [5, 5.41) is 7.68. The van der Waals surface area contributed by atoms with Crippen LogP contribution in [0.15, 0.2) is 36.1 Å². The Morgan fingerprint density at radius 1 is 1.48 bits per heavy atom. The molecule has 1 aliphatic heterocycles. The minimum absolute atomic E-state index is 0. The Morgan fingerprint density at radius 3 is 3.04 bits per heavy atom. The zero-order chi connectivity index (χ0) is 16.8. The van der Waals surface area contributed by atoms with Gasteiger partial charge >= 0.3 is 0 Å². The van der Waals surface area contributed by atoms with E-state index in [2.05, 4.69) is 29.9 Å². The third-order valence-corrected chi connectivity index (χ3v) is 4.11. The number of nitrogens with one attached hydrogen (secondary N) is 1. The number of imidazole rings is 1. The summed E-state index contributed by atoms with van der Waals surface area (Å²) < 4.78 is 9.78. The fourth-order valence-electron chi connectivity index (χ4n) is 2.86. The topological polar surface area (TPSA) is 72.5 Å². The molecule has 1 aliphatic rings. The maximum Gasteiger partial charge on any atom is 0.193 e. The molecule has 0 saturated carbocycles. The summed E-state index contributed by atoms with van der Waals surface area (Å²) in [6.07, 6.45) is 10.6. The van der Waals surface area contributed by atoms with Gasteiger partial charge in [-0.1, -0.05) is 0 Å². The molecule has 1 atom stereocenters. The third kappa shape index (κ3) is 5.43. The van der Waals surface area contributed by atoms with Gasteiger partial charge in [0.1, 0.15) is 6.10 Å². The van der Waals surface area contributed by atoms with E-state index in [0.29, 0.717) is 6.61 Å². The zero-order valence-electron chi connectivity index (χ0n) is 14.7. The van der Waals surface area contributed by atoms with Crippen LogP contribution in [0, 0.1) is 0 Å². The SMILES string of the molecule is CN=C(NCCCn1ccnc1)N1CCOC(c2cnn(C)c2)C1.I. The lowest BCUT2D eigenvalue weighted by molar-refractivity contribution is -0.00802. The summed E-state index contributed by atoms with van der Waals surface area (Å²) in [6.45, 7) is 4.14. The van der Waals surface area contributed by atoms with Crippen molar-refractivity contribution in [3.8, 4) is 0 Å². The molecule has 3 heterocycles. The predicted octanol–water partition coefficient (Wildman–Crippen LogP) is 1.27. The number of aryl methyl sites for hydroxylation is 2. The van der Waals surface area contributed by atoms with Crippen molar-refractivity contribution in [2.45, 2.75) is 19.1 Å². The molecule has 0 bridgehead atoms. The number of aliphatic imine (C=N–C) groups is 1. The summed E-state index contributed by atoms with van der Waals surface area (Å²) >= 11 is 0. The summed E-state index contributed by atoms with van der Waals surface area (Å²) in [6, 6.07) is 0. The average Bonchev–Trinajstić information content (AvgIpc) is 3.27. The Balaban J connectivity index is 0.00000225. The van der Waals surface area contributed by atoms with Gasteiger partial charge in [-0.15, -0.1) is 24.0 Å². The van der Waals surface area contributed by atoms with E-state index in [4.69, 9.17) is 4.74 Å². The predicted molar refractivity (Wildman–Crippen MR) is 107 cm³/mol. The van der Waals surface area contributed by atoms with Crippen molar-refractivity contribution in [1.29, 1.82) is 0 Å². The summed E-state index contributed by atoms with van der Waals surface area (Å²) in [5.41, 5.74) is 1.11.